The first-order valence-electron chi connectivity index (χ1n) is 4.28. The van der Waals surface area contributed by atoms with Crippen LogP contribution in [0.25, 0.3) is 11.2 Å². The van der Waals surface area contributed by atoms with Crippen LogP contribution in [-0.2, 0) is 0 Å². The van der Waals surface area contributed by atoms with Crippen molar-refractivity contribution in [1.82, 2.24) is 15.0 Å². The Morgan fingerprint density at radius 3 is 2.85 bits per heavy atom. The first kappa shape index (κ1) is 8.04. The zero-order chi connectivity index (χ0) is 9.42. The van der Waals surface area contributed by atoms with Gasteiger partial charge in [0, 0.05) is 12.1 Å². The summed E-state index contributed by atoms with van der Waals surface area (Å²) in [5, 5.41) is 0. The molecule has 0 aliphatic carbocycles. The summed E-state index contributed by atoms with van der Waals surface area (Å²) in [6.45, 7) is 4.15. The Morgan fingerprint density at radius 1 is 1.46 bits per heavy atom. The quantitative estimate of drug-likeness (QED) is 0.694. The van der Waals surface area contributed by atoms with Crippen molar-refractivity contribution in [3.63, 3.8) is 0 Å². The summed E-state index contributed by atoms with van der Waals surface area (Å²) in [5.41, 5.74) is 7.99. The van der Waals surface area contributed by atoms with Crippen LogP contribution < -0.4 is 5.73 Å². The van der Waals surface area contributed by atoms with E-state index < -0.39 is 0 Å². The maximum absolute atomic E-state index is 5.76. The van der Waals surface area contributed by atoms with E-state index in [-0.39, 0.29) is 0 Å². The number of nitrogens with two attached hydrogens (primary N) is 1. The lowest BCUT2D eigenvalue weighted by Crippen LogP contribution is -1.89. The van der Waals surface area contributed by atoms with Gasteiger partial charge in [0.25, 0.3) is 0 Å². The number of hydrogen-bond acceptors (Lipinski definition) is 3. The highest BCUT2D eigenvalue weighted by atomic mass is 15.0. The number of nitrogens with zero attached hydrogens (tertiary/aromatic N) is 2. The largest absolute Gasteiger partial charge is 0.397 e. The molecule has 0 fully saturated rings. The van der Waals surface area contributed by atoms with E-state index in [2.05, 4.69) is 28.8 Å². The number of imidazole rings is 1. The minimum absolute atomic E-state index is 0.369. The molecule has 0 radical (unpaired) electrons. The number of aromatic amines is 1. The van der Waals surface area contributed by atoms with E-state index in [1.807, 2.05) is 0 Å². The van der Waals surface area contributed by atoms with Crippen LogP contribution in [0.4, 0.5) is 5.69 Å². The van der Waals surface area contributed by atoms with Gasteiger partial charge in [0.2, 0.25) is 0 Å². The number of nitrogen functional groups attached to an aromatic ring is 1. The van der Waals surface area contributed by atoms with Crippen LogP contribution in [0, 0.1) is 0 Å². The normalized spacial score (nSPS) is 11.3. The molecule has 4 heteroatoms. The minimum atomic E-state index is 0.369. The van der Waals surface area contributed by atoms with Gasteiger partial charge in [-0.15, -0.1) is 0 Å². The fourth-order valence-electron chi connectivity index (χ4n) is 1.22. The van der Waals surface area contributed by atoms with Gasteiger partial charge in [-0.25, -0.2) is 9.97 Å². The van der Waals surface area contributed by atoms with Crippen molar-refractivity contribution in [2.45, 2.75) is 19.8 Å². The van der Waals surface area contributed by atoms with Crippen molar-refractivity contribution in [3.05, 3.63) is 18.1 Å². The van der Waals surface area contributed by atoms with E-state index in [0.717, 1.165) is 11.3 Å². The van der Waals surface area contributed by atoms with Crippen molar-refractivity contribution in [2.24, 2.45) is 0 Å². The topological polar surface area (TPSA) is 67.6 Å². The molecular formula is C9H12N4. The number of pyridine rings is 1. The van der Waals surface area contributed by atoms with Gasteiger partial charge >= 0.3 is 0 Å². The monoisotopic (exact) mass is 176 g/mol. The summed E-state index contributed by atoms with van der Waals surface area (Å²) in [6.07, 6.45) is 1.67. The Morgan fingerprint density at radius 2 is 2.23 bits per heavy atom. The summed E-state index contributed by atoms with van der Waals surface area (Å²) < 4.78 is 0. The second kappa shape index (κ2) is 2.73. The molecule has 0 spiro atoms. The number of aromatic nitrogens is 3. The molecular weight excluding hydrogens is 164 g/mol. The maximum Gasteiger partial charge on any atom is 0.179 e. The highest BCUT2D eigenvalue weighted by Crippen LogP contribution is 2.19. The second-order valence-corrected chi connectivity index (χ2v) is 3.38. The van der Waals surface area contributed by atoms with E-state index in [1.165, 1.54) is 0 Å². The third kappa shape index (κ3) is 1.24. The number of anilines is 1. The summed E-state index contributed by atoms with van der Waals surface area (Å²) in [5.74, 6) is 1.30. The van der Waals surface area contributed by atoms with Gasteiger partial charge in [-0.1, -0.05) is 13.8 Å². The Labute approximate surface area is 76.2 Å². The average molecular weight is 176 g/mol. The number of hydrogen-bond donors (Lipinski definition) is 2. The number of rotatable bonds is 1. The molecule has 0 saturated carbocycles. The smallest absolute Gasteiger partial charge is 0.179 e. The molecule has 68 valence electrons. The van der Waals surface area contributed by atoms with Crippen molar-refractivity contribution in [1.29, 1.82) is 0 Å². The van der Waals surface area contributed by atoms with E-state index in [4.69, 9.17) is 5.73 Å². The van der Waals surface area contributed by atoms with E-state index in [9.17, 15) is 0 Å². The van der Waals surface area contributed by atoms with Gasteiger partial charge in [0.1, 0.15) is 11.3 Å². The summed E-state index contributed by atoms with van der Waals surface area (Å²) in [4.78, 5) is 11.6. The summed E-state index contributed by atoms with van der Waals surface area (Å²) in [7, 11) is 0. The first-order valence-corrected chi connectivity index (χ1v) is 4.28. The highest BCUT2D eigenvalue weighted by molar-refractivity contribution is 5.83. The van der Waals surface area contributed by atoms with Crippen LogP contribution in [0.1, 0.15) is 25.6 Å². The van der Waals surface area contributed by atoms with Gasteiger partial charge in [0.05, 0.1) is 5.69 Å². The first-order chi connectivity index (χ1) is 6.18. The van der Waals surface area contributed by atoms with Crippen molar-refractivity contribution in [2.75, 3.05) is 5.73 Å². The minimum Gasteiger partial charge on any atom is -0.397 e. The van der Waals surface area contributed by atoms with Crippen LogP contribution >= 0.6 is 0 Å². The average Bonchev–Trinajstić information content (AvgIpc) is 2.49. The van der Waals surface area contributed by atoms with Gasteiger partial charge in [-0.05, 0) is 6.07 Å². The fourth-order valence-corrected chi connectivity index (χ4v) is 1.22. The van der Waals surface area contributed by atoms with Crippen molar-refractivity contribution < 1.29 is 0 Å². The number of nitrogens with one attached hydrogen (secondary N) is 1. The molecule has 0 amide bonds. The van der Waals surface area contributed by atoms with E-state index in [0.29, 0.717) is 17.3 Å². The highest BCUT2D eigenvalue weighted by Gasteiger charge is 2.08. The van der Waals surface area contributed by atoms with Crippen LogP contribution in [0.2, 0.25) is 0 Å². The molecule has 3 N–H and O–H groups in total. The van der Waals surface area contributed by atoms with Crippen molar-refractivity contribution >= 4 is 16.9 Å². The summed E-state index contributed by atoms with van der Waals surface area (Å²) >= 11 is 0. The lowest BCUT2D eigenvalue weighted by atomic mass is 10.2. The molecule has 0 aliphatic heterocycles. The number of H-pyrrole nitrogens is 1. The van der Waals surface area contributed by atoms with E-state index in [1.54, 1.807) is 12.3 Å². The molecule has 0 aliphatic rings. The molecule has 13 heavy (non-hydrogen) atoms. The standard InChI is InChI=1S/C9H12N4/c1-5(2)8-12-7-6(10)3-4-11-9(7)13-8/h3-5H,1-2H3,(H3,10,11,12,13). The fraction of sp³-hybridized carbons (Fsp3) is 0.333. The predicted molar refractivity (Wildman–Crippen MR) is 52.4 cm³/mol. The van der Waals surface area contributed by atoms with Gasteiger partial charge in [-0.2, -0.15) is 0 Å². The molecule has 2 rings (SSSR count). The van der Waals surface area contributed by atoms with E-state index >= 15 is 0 Å². The molecule has 2 aromatic heterocycles. The lowest BCUT2D eigenvalue weighted by Gasteiger charge is -1.96. The molecule has 4 nitrogen and oxygen atoms in total. The molecule has 2 heterocycles. The summed E-state index contributed by atoms with van der Waals surface area (Å²) in [6, 6.07) is 1.77. The SMILES string of the molecule is CC(C)c1nc2nccc(N)c2[nH]1. The molecule has 0 saturated heterocycles. The van der Waals surface area contributed by atoms with Crippen LogP contribution in [-0.4, -0.2) is 15.0 Å². The van der Waals surface area contributed by atoms with Crippen LogP contribution in [0.5, 0.6) is 0 Å². The van der Waals surface area contributed by atoms with Gasteiger partial charge in [0.15, 0.2) is 5.65 Å². The molecule has 0 atom stereocenters. The maximum atomic E-state index is 5.76. The second-order valence-electron chi connectivity index (χ2n) is 3.38. The Hall–Kier alpha value is -1.58. The van der Waals surface area contributed by atoms with Crippen LogP contribution in [0.15, 0.2) is 12.3 Å². The van der Waals surface area contributed by atoms with Crippen molar-refractivity contribution in [3.8, 4) is 0 Å². The third-order valence-electron chi connectivity index (χ3n) is 1.99. The zero-order valence-corrected chi connectivity index (χ0v) is 7.70. The Bertz CT molecular complexity index is 430. The number of fused-ring (bicyclic) bond motifs is 1. The third-order valence-corrected chi connectivity index (χ3v) is 1.99. The molecule has 0 unspecified atom stereocenters. The molecule has 0 bridgehead atoms. The Kier molecular flexibility index (Phi) is 1.69. The lowest BCUT2D eigenvalue weighted by molar-refractivity contribution is 0.798. The van der Waals surface area contributed by atoms with Gasteiger partial charge in [-0.3, -0.25) is 0 Å². The molecule has 2 aromatic rings. The predicted octanol–water partition coefficient (Wildman–Crippen LogP) is 1.66. The Balaban J connectivity index is 2.68. The molecule has 0 aromatic carbocycles. The van der Waals surface area contributed by atoms with Crippen LogP contribution in [0.3, 0.4) is 0 Å². The van der Waals surface area contributed by atoms with Gasteiger partial charge < -0.3 is 10.7 Å². The zero-order valence-electron chi connectivity index (χ0n) is 7.70.